The Morgan fingerprint density at radius 2 is 1.66 bits per heavy atom. The smallest absolute Gasteiger partial charge is 0.233 e. The molecule has 1 atom stereocenters. The van der Waals surface area contributed by atoms with Crippen LogP contribution in [0.1, 0.15) is 47.4 Å². The van der Waals surface area contributed by atoms with Crippen LogP contribution in [0.5, 0.6) is 0 Å². The van der Waals surface area contributed by atoms with Crippen LogP contribution in [0.2, 0.25) is 0 Å². The molecule has 3 aliphatic rings. The van der Waals surface area contributed by atoms with Gasteiger partial charge < -0.3 is 5.32 Å². The molecule has 0 aliphatic heterocycles. The van der Waals surface area contributed by atoms with Crippen molar-refractivity contribution in [2.45, 2.75) is 25.2 Å². The van der Waals surface area contributed by atoms with E-state index in [1.54, 1.807) is 6.07 Å². The fourth-order valence-electron chi connectivity index (χ4n) is 5.54. The summed E-state index contributed by atoms with van der Waals surface area (Å²) in [5.74, 6) is -0.106. The zero-order valence-electron chi connectivity index (χ0n) is 17.5. The molecule has 5 heteroatoms. The third kappa shape index (κ3) is 2.84. The van der Waals surface area contributed by atoms with Gasteiger partial charge in [0.05, 0.1) is 11.1 Å². The van der Waals surface area contributed by atoms with Crippen molar-refractivity contribution in [3.05, 3.63) is 106 Å². The van der Waals surface area contributed by atoms with Gasteiger partial charge in [0.15, 0.2) is 5.13 Å². The van der Waals surface area contributed by atoms with Gasteiger partial charge in [-0.3, -0.25) is 4.79 Å². The summed E-state index contributed by atoms with van der Waals surface area (Å²) in [6, 6.07) is 23.4. The van der Waals surface area contributed by atoms with E-state index in [4.69, 9.17) is 0 Å². The number of fused-ring (bicyclic) bond motifs is 1. The van der Waals surface area contributed by atoms with Gasteiger partial charge in [-0.15, -0.1) is 11.3 Å². The van der Waals surface area contributed by atoms with Gasteiger partial charge in [0.1, 0.15) is 5.82 Å². The number of halogens is 1. The second-order valence-electron chi connectivity index (χ2n) is 8.87. The van der Waals surface area contributed by atoms with Crippen molar-refractivity contribution < 1.29 is 9.18 Å². The first-order chi connectivity index (χ1) is 15.5. The van der Waals surface area contributed by atoms with E-state index in [0.717, 1.165) is 6.42 Å². The van der Waals surface area contributed by atoms with E-state index in [1.807, 2.05) is 11.4 Å². The first kappa shape index (κ1) is 19.4. The van der Waals surface area contributed by atoms with Gasteiger partial charge >= 0.3 is 0 Å². The summed E-state index contributed by atoms with van der Waals surface area (Å²) < 4.78 is 13.6. The highest BCUT2D eigenvalue weighted by Crippen LogP contribution is 2.61. The maximum Gasteiger partial charge on any atom is 0.233 e. The van der Waals surface area contributed by atoms with Crippen LogP contribution in [-0.4, -0.2) is 10.9 Å². The van der Waals surface area contributed by atoms with Gasteiger partial charge in [-0.25, -0.2) is 9.37 Å². The highest BCUT2D eigenvalue weighted by Gasteiger charge is 2.53. The van der Waals surface area contributed by atoms with Crippen molar-refractivity contribution in [1.82, 2.24) is 4.98 Å². The van der Waals surface area contributed by atoms with E-state index in [-0.39, 0.29) is 23.6 Å². The summed E-state index contributed by atoms with van der Waals surface area (Å²) in [6.45, 7) is 2.08. The lowest BCUT2D eigenvalue weighted by Crippen LogP contribution is -2.47. The minimum absolute atomic E-state index is 0.00236. The number of benzene rings is 3. The Balaban J connectivity index is 1.35. The Hall–Kier alpha value is -3.31. The van der Waals surface area contributed by atoms with E-state index >= 15 is 0 Å². The molecule has 3 nitrogen and oxygen atoms in total. The number of nitrogens with zero attached hydrogens (tertiary/aromatic N) is 1. The summed E-state index contributed by atoms with van der Waals surface area (Å²) in [4.78, 5) is 18.3. The summed E-state index contributed by atoms with van der Waals surface area (Å²) in [5.41, 5.74) is 5.95. The lowest BCUT2D eigenvalue weighted by molar-refractivity contribution is -0.126. The van der Waals surface area contributed by atoms with Crippen LogP contribution >= 0.6 is 11.3 Å². The first-order valence-corrected chi connectivity index (χ1v) is 11.6. The molecule has 0 saturated carbocycles. The quantitative estimate of drug-likeness (QED) is 0.391. The molecule has 7 rings (SSSR count). The van der Waals surface area contributed by atoms with E-state index in [2.05, 4.69) is 65.8 Å². The Bertz CT molecular complexity index is 1320. The fraction of sp³-hybridized carbons (Fsp3) is 0.185. The van der Waals surface area contributed by atoms with Gasteiger partial charge in [-0.1, -0.05) is 60.7 Å². The summed E-state index contributed by atoms with van der Waals surface area (Å²) in [7, 11) is 0. The summed E-state index contributed by atoms with van der Waals surface area (Å²) in [6.07, 6.45) is 0.764. The monoisotopic (exact) mass is 440 g/mol. The largest absolute Gasteiger partial charge is 0.301 e. The maximum absolute atomic E-state index is 13.7. The molecule has 158 valence electrons. The van der Waals surface area contributed by atoms with Crippen molar-refractivity contribution in [3.63, 3.8) is 0 Å². The zero-order chi connectivity index (χ0) is 21.9. The van der Waals surface area contributed by atoms with Crippen LogP contribution in [0, 0.1) is 11.2 Å². The van der Waals surface area contributed by atoms with Crippen LogP contribution in [0.4, 0.5) is 9.52 Å². The Labute approximate surface area is 190 Å². The molecule has 2 bridgehead atoms. The molecule has 1 N–H and O–H groups in total. The van der Waals surface area contributed by atoms with Crippen LogP contribution in [0.3, 0.4) is 0 Å². The molecule has 3 aromatic carbocycles. The highest BCUT2D eigenvalue weighted by atomic mass is 32.1. The van der Waals surface area contributed by atoms with Crippen LogP contribution in [0.15, 0.2) is 78.2 Å². The molecule has 0 unspecified atom stereocenters. The van der Waals surface area contributed by atoms with E-state index in [0.29, 0.717) is 16.4 Å². The van der Waals surface area contributed by atoms with E-state index < -0.39 is 5.41 Å². The second kappa shape index (κ2) is 7.10. The minimum Gasteiger partial charge on any atom is -0.301 e. The van der Waals surface area contributed by atoms with Crippen molar-refractivity contribution in [1.29, 1.82) is 0 Å². The molecule has 1 heterocycles. The average Bonchev–Trinajstić information content (AvgIpc) is 3.28. The van der Waals surface area contributed by atoms with E-state index in [9.17, 15) is 9.18 Å². The fourth-order valence-corrected chi connectivity index (χ4v) is 6.26. The third-order valence-corrected chi connectivity index (χ3v) is 7.75. The van der Waals surface area contributed by atoms with Crippen molar-refractivity contribution in [2.75, 3.05) is 5.32 Å². The molecule has 0 radical (unpaired) electrons. The molecule has 3 aliphatic carbocycles. The molecular formula is C27H21FN2OS. The Morgan fingerprint density at radius 3 is 2.31 bits per heavy atom. The summed E-state index contributed by atoms with van der Waals surface area (Å²) in [5, 5.41) is 5.47. The standard InChI is InChI=1S/C27H21FN2OS/c1-27(25(31)30-26-29-23(15-32-26)16-7-6-8-17(28)13-16)14-22-18-9-2-4-11-20(18)24(27)21-12-5-3-10-19(21)22/h2-13,15,22,24H,14H2,1H3,(H,29,30,31)/t22?,24?,27-/m1/s1. The van der Waals surface area contributed by atoms with Crippen molar-refractivity contribution >= 4 is 22.4 Å². The van der Waals surface area contributed by atoms with Crippen molar-refractivity contribution in [2.24, 2.45) is 5.41 Å². The molecule has 0 saturated heterocycles. The Kier molecular flexibility index (Phi) is 4.30. The first-order valence-electron chi connectivity index (χ1n) is 10.8. The zero-order valence-corrected chi connectivity index (χ0v) is 18.3. The molecule has 1 amide bonds. The third-order valence-electron chi connectivity index (χ3n) is 6.99. The predicted octanol–water partition coefficient (Wildman–Crippen LogP) is 6.58. The van der Waals surface area contributed by atoms with Gasteiger partial charge in [0.25, 0.3) is 0 Å². The lowest BCUT2D eigenvalue weighted by atomic mass is 9.52. The number of hydrogen-bond donors (Lipinski definition) is 1. The number of hydrogen-bond acceptors (Lipinski definition) is 3. The highest BCUT2D eigenvalue weighted by molar-refractivity contribution is 7.14. The van der Waals surface area contributed by atoms with Gasteiger partial charge in [-0.05, 0) is 47.7 Å². The number of thiazole rings is 1. The number of carbonyl (C=O) groups is 1. The molecule has 0 spiro atoms. The molecule has 32 heavy (non-hydrogen) atoms. The number of rotatable bonds is 3. The normalized spacial score (nSPS) is 22.8. The number of aromatic nitrogens is 1. The molecule has 0 fully saturated rings. The van der Waals surface area contributed by atoms with Gasteiger partial charge in [0, 0.05) is 22.8 Å². The number of amides is 1. The number of anilines is 1. The van der Waals surface area contributed by atoms with E-state index in [1.165, 1.54) is 45.7 Å². The average molecular weight is 441 g/mol. The minimum atomic E-state index is -0.585. The van der Waals surface area contributed by atoms with Crippen LogP contribution in [0.25, 0.3) is 11.3 Å². The molecule has 1 aromatic heterocycles. The SMILES string of the molecule is C[C@@]1(C(=O)Nc2nc(-c3cccc(F)c3)cs2)CC2c3ccccc3C1c1ccccc12. The molecular weight excluding hydrogens is 419 g/mol. The summed E-state index contributed by atoms with van der Waals surface area (Å²) >= 11 is 1.37. The van der Waals surface area contributed by atoms with Gasteiger partial charge in [-0.2, -0.15) is 0 Å². The number of carbonyl (C=O) groups excluding carboxylic acids is 1. The lowest BCUT2D eigenvalue weighted by Gasteiger charge is -2.50. The Morgan fingerprint density at radius 1 is 1.00 bits per heavy atom. The second-order valence-corrected chi connectivity index (χ2v) is 9.73. The maximum atomic E-state index is 13.7. The number of nitrogens with one attached hydrogen (secondary N) is 1. The van der Waals surface area contributed by atoms with Crippen LogP contribution in [-0.2, 0) is 4.79 Å². The van der Waals surface area contributed by atoms with Crippen molar-refractivity contribution in [3.8, 4) is 11.3 Å². The topological polar surface area (TPSA) is 42.0 Å². The predicted molar refractivity (Wildman–Crippen MR) is 125 cm³/mol. The van der Waals surface area contributed by atoms with Crippen LogP contribution < -0.4 is 5.32 Å². The van der Waals surface area contributed by atoms with Gasteiger partial charge in [0.2, 0.25) is 5.91 Å². The molecule has 4 aromatic rings.